The summed E-state index contributed by atoms with van der Waals surface area (Å²) in [5, 5.41) is 6.75. The fourth-order valence-corrected chi connectivity index (χ4v) is 5.30. The van der Waals surface area contributed by atoms with Crippen LogP contribution in [0.1, 0.15) is 50.5 Å². The number of nitrogens with one attached hydrogen (secondary N) is 2. The number of aliphatic imine (C=N–C) groups is 1. The third kappa shape index (κ3) is 4.76. The lowest BCUT2D eigenvalue weighted by molar-refractivity contribution is 0.346. The van der Waals surface area contributed by atoms with Crippen molar-refractivity contribution in [3.8, 4) is 0 Å². The highest BCUT2D eigenvalue weighted by Crippen LogP contribution is 2.21. The highest BCUT2D eigenvalue weighted by atomic mass is 32.2. The summed E-state index contributed by atoms with van der Waals surface area (Å²) in [7, 11) is -1.62. The molecular formula is C19H30N4O2S. The van der Waals surface area contributed by atoms with Crippen molar-refractivity contribution in [2.75, 3.05) is 20.1 Å². The van der Waals surface area contributed by atoms with Crippen molar-refractivity contribution in [2.45, 2.75) is 62.4 Å². The van der Waals surface area contributed by atoms with E-state index in [-0.39, 0.29) is 0 Å². The maximum atomic E-state index is 12.8. The molecule has 1 aromatic carbocycles. The smallest absolute Gasteiger partial charge is 0.243 e. The van der Waals surface area contributed by atoms with Crippen LogP contribution in [0.25, 0.3) is 0 Å². The predicted octanol–water partition coefficient (Wildman–Crippen LogP) is 2.47. The van der Waals surface area contributed by atoms with Gasteiger partial charge >= 0.3 is 0 Å². The SMILES string of the molecule is CN=C(NCc1cccc(S(=O)(=O)N2CCCCC2)c1)NC1CCCC1. The highest BCUT2D eigenvalue weighted by molar-refractivity contribution is 7.89. The van der Waals surface area contributed by atoms with Crippen LogP contribution in [0.2, 0.25) is 0 Å². The van der Waals surface area contributed by atoms with Crippen LogP contribution in [0, 0.1) is 0 Å². The molecule has 144 valence electrons. The average molecular weight is 379 g/mol. The monoisotopic (exact) mass is 378 g/mol. The van der Waals surface area contributed by atoms with Gasteiger partial charge in [-0.3, -0.25) is 4.99 Å². The zero-order valence-electron chi connectivity index (χ0n) is 15.6. The lowest BCUT2D eigenvalue weighted by atomic mass is 10.2. The van der Waals surface area contributed by atoms with Gasteiger partial charge in [-0.05, 0) is 43.4 Å². The van der Waals surface area contributed by atoms with E-state index in [2.05, 4.69) is 15.6 Å². The molecule has 6 nitrogen and oxygen atoms in total. The van der Waals surface area contributed by atoms with E-state index in [4.69, 9.17) is 0 Å². The van der Waals surface area contributed by atoms with Crippen molar-refractivity contribution in [3.63, 3.8) is 0 Å². The Hall–Kier alpha value is -1.60. The average Bonchev–Trinajstić information content (AvgIpc) is 3.19. The first-order valence-electron chi connectivity index (χ1n) is 9.66. The summed E-state index contributed by atoms with van der Waals surface area (Å²) in [5.41, 5.74) is 0.942. The number of hydrogen-bond donors (Lipinski definition) is 2. The molecule has 1 saturated carbocycles. The first-order valence-corrected chi connectivity index (χ1v) is 11.1. The van der Waals surface area contributed by atoms with Gasteiger partial charge in [-0.2, -0.15) is 4.31 Å². The van der Waals surface area contributed by atoms with Gasteiger partial charge in [0.1, 0.15) is 0 Å². The van der Waals surface area contributed by atoms with Gasteiger partial charge in [-0.1, -0.05) is 31.4 Å². The first-order chi connectivity index (χ1) is 12.6. The topological polar surface area (TPSA) is 73.8 Å². The van der Waals surface area contributed by atoms with Crippen LogP contribution >= 0.6 is 0 Å². The Kier molecular flexibility index (Phi) is 6.53. The highest BCUT2D eigenvalue weighted by Gasteiger charge is 2.26. The third-order valence-corrected chi connectivity index (χ3v) is 7.13. The molecular weight excluding hydrogens is 348 g/mol. The molecule has 1 heterocycles. The van der Waals surface area contributed by atoms with E-state index in [0.29, 0.717) is 30.6 Å². The van der Waals surface area contributed by atoms with E-state index in [1.165, 1.54) is 25.7 Å². The van der Waals surface area contributed by atoms with E-state index in [1.54, 1.807) is 23.5 Å². The number of guanidine groups is 1. The molecule has 3 rings (SSSR count). The van der Waals surface area contributed by atoms with Crippen LogP contribution in [-0.2, 0) is 16.6 Å². The van der Waals surface area contributed by atoms with Crippen molar-refractivity contribution in [1.29, 1.82) is 0 Å². The van der Waals surface area contributed by atoms with E-state index < -0.39 is 10.0 Å². The number of sulfonamides is 1. The van der Waals surface area contributed by atoms with Crippen molar-refractivity contribution in [2.24, 2.45) is 4.99 Å². The molecule has 0 atom stereocenters. The van der Waals surface area contributed by atoms with E-state index in [1.807, 2.05) is 12.1 Å². The minimum atomic E-state index is -3.39. The molecule has 1 aliphatic heterocycles. The summed E-state index contributed by atoms with van der Waals surface area (Å²) in [6.45, 7) is 1.81. The summed E-state index contributed by atoms with van der Waals surface area (Å²) in [6, 6.07) is 7.73. The summed E-state index contributed by atoms with van der Waals surface area (Å²) >= 11 is 0. The van der Waals surface area contributed by atoms with Crippen LogP contribution in [-0.4, -0.2) is 44.9 Å². The third-order valence-electron chi connectivity index (χ3n) is 5.23. The Bertz CT molecular complexity index is 721. The molecule has 1 aliphatic carbocycles. The lowest BCUT2D eigenvalue weighted by Gasteiger charge is -2.26. The molecule has 0 amide bonds. The van der Waals surface area contributed by atoms with Crippen LogP contribution in [0.5, 0.6) is 0 Å². The van der Waals surface area contributed by atoms with Gasteiger partial charge in [0.05, 0.1) is 4.90 Å². The minimum Gasteiger partial charge on any atom is -0.354 e. The first kappa shape index (κ1) is 19.2. The predicted molar refractivity (Wildman–Crippen MR) is 105 cm³/mol. The molecule has 0 unspecified atom stereocenters. The van der Waals surface area contributed by atoms with Gasteiger partial charge in [0.25, 0.3) is 0 Å². The Morgan fingerprint density at radius 2 is 1.88 bits per heavy atom. The summed E-state index contributed by atoms with van der Waals surface area (Å²) < 4.78 is 27.3. The molecule has 2 fully saturated rings. The molecule has 1 aromatic rings. The van der Waals surface area contributed by atoms with Gasteiger partial charge < -0.3 is 10.6 Å². The number of benzene rings is 1. The zero-order valence-corrected chi connectivity index (χ0v) is 16.4. The molecule has 0 bridgehead atoms. The van der Waals surface area contributed by atoms with Gasteiger partial charge in [0, 0.05) is 32.7 Å². The Morgan fingerprint density at radius 1 is 1.15 bits per heavy atom. The van der Waals surface area contributed by atoms with Crippen LogP contribution < -0.4 is 10.6 Å². The van der Waals surface area contributed by atoms with Crippen molar-refractivity contribution < 1.29 is 8.42 Å². The van der Waals surface area contributed by atoms with E-state index in [0.717, 1.165) is 30.8 Å². The molecule has 7 heteroatoms. The number of piperidine rings is 1. The van der Waals surface area contributed by atoms with Gasteiger partial charge in [0.15, 0.2) is 5.96 Å². The zero-order chi connectivity index (χ0) is 18.4. The number of hydrogen-bond acceptors (Lipinski definition) is 3. The second-order valence-electron chi connectivity index (χ2n) is 7.16. The normalized spacial score (nSPS) is 20.3. The Balaban J connectivity index is 1.63. The molecule has 0 radical (unpaired) electrons. The molecule has 0 aromatic heterocycles. The quantitative estimate of drug-likeness (QED) is 0.610. The van der Waals surface area contributed by atoms with Gasteiger partial charge in [-0.15, -0.1) is 0 Å². The van der Waals surface area contributed by atoms with Crippen LogP contribution in [0.15, 0.2) is 34.2 Å². The largest absolute Gasteiger partial charge is 0.354 e. The second kappa shape index (κ2) is 8.86. The van der Waals surface area contributed by atoms with Crippen LogP contribution in [0.4, 0.5) is 0 Å². The summed E-state index contributed by atoms with van der Waals surface area (Å²) in [5.74, 6) is 0.779. The van der Waals surface area contributed by atoms with E-state index >= 15 is 0 Å². The molecule has 26 heavy (non-hydrogen) atoms. The minimum absolute atomic E-state index is 0.387. The van der Waals surface area contributed by atoms with E-state index in [9.17, 15) is 8.42 Å². The molecule has 0 spiro atoms. The summed E-state index contributed by atoms with van der Waals surface area (Å²) in [4.78, 5) is 4.67. The fraction of sp³-hybridized carbons (Fsp3) is 0.632. The van der Waals surface area contributed by atoms with Crippen molar-refractivity contribution >= 4 is 16.0 Å². The standard InChI is InChI=1S/C19H30N4O2S/c1-20-19(22-17-9-3-4-10-17)21-15-16-8-7-11-18(14-16)26(24,25)23-12-5-2-6-13-23/h7-8,11,14,17H,2-6,9-10,12-13,15H2,1H3,(H2,20,21,22). The fourth-order valence-electron chi connectivity index (χ4n) is 3.71. The van der Waals surface area contributed by atoms with Crippen LogP contribution in [0.3, 0.4) is 0 Å². The maximum absolute atomic E-state index is 12.8. The Morgan fingerprint density at radius 3 is 2.58 bits per heavy atom. The molecule has 2 aliphatic rings. The van der Waals surface area contributed by atoms with Crippen molar-refractivity contribution in [3.05, 3.63) is 29.8 Å². The van der Waals surface area contributed by atoms with Gasteiger partial charge in [-0.25, -0.2) is 8.42 Å². The van der Waals surface area contributed by atoms with Crippen molar-refractivity contribution in [1.82, 2.24) is 14.9 Å². The number of nitrogens with zero attached hydrogens (tertiary/aromatic N) is 2. The van der Waals surface area contributed by atoms with Gasteiger partial charge in [0.2, 0.25) is 10.0 Å². The summed E-state index contributed by atoms with van der Waals surface area (Å²) in [6.07, 6.45) is 7.92. The Labute approximate surface area is 157 Å². The molecule has 2 N–H and O–H groups in total. The lowest BCUT2D eigenvalue weighted by Crippen LogP contribution is -2.42. The maximum Gasteiger partial charge on any atom is 0.243 e. The second-order valence-corrected chi connectivity index (χ2v) is 9.10. The number of rotatable bonds is 5. The molecule has 1 saturated heterocycles.